The van der Waals surface area contributed by atoms with E-state index in [1.54, 1.807) is 24.4 Å². The number of carbonyl (C=O) groups is 1. The Hall–Kier alpha value is -3.23. The first-order valence-corrected chi connectivity index (χ1v) is 8.59. The lowest BCUT2D eigenvalue weighted by Gasteiger charge is -2.19. The van der Waals surface area contributed by atoms with Crippen molar-refractivity contribution in [2.45, 2.75) is 25.1 Å². The van der Waals surface area contributed by atoms with E-state index in [9.17, 15) is 18.0 Å². The first kappa shape index (κ1) is 18.1. The fourth-order valence-electron chi connectivity index (χ4n) is 3.23. The molecule has 4 rings (SSSR count). The number of likely N-dealkylation sites (tertiary alicyclic amines) is 1. The van der Waals surface area contributed by atoms with Gasteiger partial charge in [0, 0.05) is 31.6 Å². The summed E-state index contributed by atoms with van der Waals surface area (Å²) in [5, 5.41) is 3.92. The van der Waals surface area contributed by atoms with E-state index in [-0.39, 0.29) is 42.8 Å². The highest BCUT2D eigenvalue weighted by atomic mass is 19.4. The molecule has 3 aromatic rings. The Bertz CT molecular complexity index is 988. The number of halogens is 3. The minimum absolute atomic E-state index is 0.0614. The third-order valence-corrected chi connectivity index (χ3v) is 4.59. The zero-order valence-corrected chi connectivity index (χ0v) is 14.6. The minimum atomic E-state index is -4.47. The molecule has 0 aliphatic carbocycles. The monoisotopic (exact) mass is 388 g/mol. The lowest BCUT2D eigenvalue weighted by molar-refractivity contribution is -0.139. The summed E-state index contributed by atoms with van der Waals surface area (Å²) in [4.78, 5) is 22.2. The van der Waals surface area contributed by atoms with Crippen molar-refractivity contribution < 1.29 is 22.5 Å². The van der Waals surface area contributed by atoms with E-state index in [2.05, 4.69) is 15.1 Å². The average molecular weight is 388 g/mol. The van der Waals surface area contributed by atoms with Gasteiger partial charge in [-0.25, -0.2) is 0 Å². The van der Waals surface area contributed by atoms with Gasteiger partial charge in [-0.2, -0.15) is 18.2 Å². The molecule has 3 heterocycles. The number of nitrogens with zero attached hydrogens (tertiary/aromatic N) is 4. The Morgan fingerprint density at radius 1 is 1.14 bits per heavy atom. The van der Waals surface area contributed by atoms with E-state index in [0.29, 0.717) is 11.5 Å². The molecular formula is C19H15F3N4O2. The van der Waals surface area contributed by atoms with E-state index in [1.807, 2.05) is 0 Å². The minimum Gasteiger partial charge on any atom is -0.338 e. The molecule has 6 nitrogen and oxygen atoms in total. The highest BCUT2D eigenvalue weighted by molar-refractivity contribution is 5.79. The summed E-state index contributed by atoms with van der Waals surface area (Å²) in [6.07, 6.45) is -2.75. The maximum Gasteiger partial charge on any atom is 0.416 e. The number of alkyl halides is 3. The number of carbonyl (C=O) groups excluding carboxylic acids is 1. The van der Waals surface area contributed by atoms with Gasteiger partial charge in [-0.05, 0) is 23.8 Å². The second-order valence-electron chi connectivity index (χ2n) is 6.50. The van der Waals surface area contributed by atoms with Crippen molar-refractivity contribution in [2.24, 2.45) is 0 Å². The quantitative estimate of drug-likeness (QED) is 0.682. The van der Waals surface area contributed by atoms with E-state index >= 15 is 0 Å². The molecule has 144 valence electrons. The topological polar surface area (TPSA) is 72.1 Å². The molecule has 0 spiro atoms. The van der Waals surface area contributed by atoms with Crippen LogP contribution >= 0.6 is 0 Å². The number of benzene rings is 1. The van der Waals surface area contributed by atoms with Crippen molar-refractivity contribution in [3.8, 4) is 11.6 Å². The van der Waals surface area contributed by atoms with Gasteiger partial charge in [0.1, 0.15) is 5.69 Å². The lowest BCUT2D eigenvalue weighted by atomic mass is 10.1. The Balaban J connectivity index is 1.51. The lowest BCUT2D eigenvalue weighted by Crippen LogP contribution is -2.26. The fraction of sp³-hybridized carbons (Fsp3) is 0.263. The Morgan fingerprint density at radius 3 is 2.68 bits per heavy atom. The van der Waals surface area contributed by atoms with Crippen LogP contribution in [0.25, 0.3) is 11.6 Å². The number of hydrogen-bond acceptors (Lipinski definition) is 5. The van der Waals surface area contributed by atoms with E-state index in [1.165, 1.54) is 23.1 Å². The molecular weight excluding hydrogens is 373 g/mol. The highest BCUT2D eigenvalue weighted by Gasteiger charge is 2.37. The molecule has 1 fully saturated rings. The smallest absolute Gasteiger partial charge is 0.338 e. The van der Waals surface area contributed by atoms with Crippen molar-refractivity contribution in [1.82, 2.24) is 20.0 Å². The molecule has 0 radical (unpaired) electrons. The van der Waals surface area contributed by atoms with E-state index in [0.717, 1.165) is 6.07 Å². The van der Waals surface area contributed by atoms with Crippen molar-refractivity contribution in [2.75, 3.05) is 6.54 Å². The number of rotatable bonds is 4. The van der Waals surface area contributed by atoms with Crippen LogP contribution in [-0.4, -0.2) is 32.5 Å². The number of aromatic nitrogens is 3. The molecule has 1 saturated heterocycles. The summed E-state index contributed by atoms with van der Waals surface area (Å²) in [6.45, 7) is 0.113. The Labute approximate surface area is 158 Å². The Morgan fingerprint density at radius 2 is 1.93 bits per heavy atom. The highest BCUT2D eigenvalue weighted by Crippen LogP contribution is 2.34. The van der Waals surface area contributed by atoms with Crippen molar-refractivity contribution in [3.05, 3.63) is 65.6 Å². The first-order valence-electron chi connectivity index (χ1n) is 8.59. The predicted molar refractivity (Wildman–Crippen MR) is 91.7 cm³/mol. The number of pyridine rings is 1. The van der Waals surface area contributed by atoms with Crippen LogP contribution in [0.1, 0.15) is 29.3 Å². The first-order chi connectivity index (χ1) is 13.4. The van der Waals surface area contributed by atoms with E-state index in [4.69, 9.17) is 4.52 Å². The second kappa shape index (κ2) is 7.06. The van der Waals surface area contributed by atoms with Crippen molar-refractivity contribution >= 4 is 5.91 Å². The van der Waals surface area contributed by atoms with Crippen LogP contribution in [0.2, 0.25) is 0 Å². The average Bonchev–Trinajstić information content (AvgIpc) is 3.30. The standard InChI is InChI=1S/C19H15F3N4O2/c20-19(21,22)14-6-2-1-5-12(14)10-26-11-13(9-16(26)27)17-24-18(28-25-17)15-7-3-4-8-23-15/h1-8,13H,9-11H2. The molecule has 1 aliphatic heterocycles. The third kappa shape index (κ3) is 3.60. The summed E-state index contributed by atoms with van der Waals surface area (Å²) in [5.74, 6) is 0.00227. The van der Waals surface area contributed by atoms with Gasteiger partial charge in [0.15, 0.2) is 5.82 Å². The molecule has 1 aliphatic rings. The number of hydrogen-bond donors (Lipinski definition) is 0. The van der Waals surface area contributed by atoms with Crippen LogP contribution in [0, 0.1) is 0 Å². The Kier molecular flexibility index (Phi) is 4.58. The molecule has 1 aromatic carbocycles. The molecule has 1 atom stereocenters. The summed E-state index contributed by atoms with van der Waals surface area (Å²) in [5.41, 5.74) is -0.156. The SMILES string of the molecule is O=C1CC(c2noc(-c3ccccn3)n2)CN1Cc1ccccc1C(F)(F)F. The largest absolute Gasteiger partial charge is 0.416 e. The molecule has 1 amide bonds. The van der Waals surface area contributed by atoms with Crippen LogP contribution in [-0.2, 0) is 17.5 Å². The van der Waals surface area contributed by atoms with Crippen LogP contribution < -0.4 is 0 Å². The van der Waals surface area contributed by atoms with Gasteiger partial charge in [-0.1, -0.05) is 29.4 Å². The van der Waals surface area contributed by atoms with Crippen LogP contribution in [0.5, 0.6) is 0 Å². The molecule has 28 heavy (non-hydrogen) atoms. The summed E-state index contributed by atoms with van der Waals surface area (Å²) in [6, 6.07) is 10.5. The normalized spacial score (nSPS) is 17.3. The van der Waals surface area contributed by atoms with Gasteiger partial charge >= 0.3 is 6.18 Å². The number of amides is 1. The third-order valence-electron chi connectivity index (χ3n) is 4.59. The summed E-state index contributed by atoms with van der Waals surface area (Å²) in [7, 11) is 0. The predicted octanol–water partition coefficient (Wildman–Crippen LogP) is 3.67. The summed E-state index contributed by atoms with van der Waals surface area (Å²) < 4.78 is 44.8. The maximum atomic E-state index is 13.2. The second-order valence-corrected chi connectivity index (χ2v) is 6.50. The molecule has 2 aromatic heterocycles. The van der Waals surface area contributed by atoms with Crippen LogP contribution in [0.4, 0.5) is 13.2 Å². The zero-order valence-electron chi connectivity index (χ0n) is 14.6. The van der Waals surface area contributed by atoms with Gasteiger partial charge < -0.3 is 9.42 Å². The van der Waals surface area contributed by atoms with E-state index < -0.39 is 11.7 Å². The fourth-order valence-corrected chi connectivity index (χ4v) is 3.23. The summed E-state index contributed by atoms with van der Waals surface area (Å²) >= 11 is 0. The van der Waals surface area contributed by atoms with Gasteiger partial charge in [0.05, 0.1) is 5.56 Å². The van der Waals surface area contributed by atoms with Crippen LogP contribution in [0.3, 0.4) is 0 Å². The van der Waals surface area contributed by atoms with Gasteiger partial charge in [0.2, 0.25) is 5.91 Å². The molecule has 0 saturated carbocycles. The van der Waals surface area contributed by atoms with Crippen LogP contribution in [0.15, 0.2) is 53.2 Å². The van der Waals surface area contributed by atoms with Gasteiger partial charge in [0.25, 0.3) is 5.89 Å². The maximum absolute atomic E-state index is 13.2. The van der Waals surface area contributed by atoms with Gasteiger partial charge in [-0.15, -0.1) is 0 Å². The zero-order chi connectivity index (χ0) is 19.7. The molecule has 0 N–H and O–H groups in total. The molecule has 9 heteroatoms. The van der Waals surface area contributed by atoms with Crippen molar-refractivity contribution in [1.29, 1.82) is 0 Å². The van der Waals surface area contributed by atoms with Crippen molar-refractivity contribution in [3.63, 3.8) is 0 Å². The molecule has 1 unspecified atom stereocenters. The van der Waals surface area contributed by atoms with Gasteiger partial charge in [-0.3, -0.25) is 9.78 Å². The molecule has 0 bridgehead atoms.